The minimum atomic E-state index is -0.159. The van der Waals surface area contributed by atoms with Gasteiger partial charge in [-0.3, -0.25) is 9.59 Å². The van der Waals surface area contributed by atoms with Gasteiger partial charge in [0, 0.05) is 32.1 Å². The number of rotatable bonds is 4. The van der Waals surface area contributed by atoms with Gasteiger partial charge >= 0.3 is 0 Å². The Morgan fingerprint density at radius 3 is 2.35 bits per heavy atom. The maximum absolute atomic E-state index is 13.1. The number of furan rings is 1. The van der Waals surface area contributed by atoms with Crippen LogP contribution in [0, 0.1) is 5.92 Å². The SMILES string of the molecule is O=C(Nc1nc2ccccc2nc1N1CCCC1)C1CCN(C(=O)c2ccoc2)CC1. The molecule has 0 atom stereocenters. The lowest BCUT2D eigenvalue weighted by atomic mass is 9.95. The van der Waals surface area contributed by atoms with Gasteiger partial charge in [0.2, 0.25) is 5.91 Å². The molecule has 0 spiro atoms. The number of para-hydroxylation sites is 2. The number of benzene rings is 1. The normalized spacial score (nSPS) is 17.3. The Hall–Kier alpha value is -3.42. The largest absolute Gasteiger partial charge is 0.472 e. The highest BCUT2D eigenvalue weighted by Crippen LogP contribution is 2.29. The standard InChI is InChI=1S/C23H25N5O3/c29-22(16-7-12-28(13-8-16)23(30)17-9-14-31-15-17)26-20-21(27-10-3-4-11-27)25-19-6-2-1-5-18(19)24-20/h1-2,5-6,9,14-16H,3-4,7-8,10-13H2,(H,24,26,29). The first kappa shape index (κ1) is 19.5. The third kappa shape index (κ3) is 3.97. The molecule has 0 saturated carbocycles. The van der Waals surface area contributed by atoms with E-state index in [2.05, 4.69) is 10.2 Å². The molecule has 4 heterocycles. The van der Waals surface area contributed by atoms with E-state index in [0.717, 1.165) is 42.8 Å². The molecule has 3 aromatic rings. The second-order valence-corrected chi connectivity index (χ2v) is 8.15. The van der Waals surface area contributed by atoms with Gasteiger partial charge in [0.25, 0.3) is 5.91 Å². The molecule has 1 N–H and O–H groups in total. The molecular formula is C23H25N5O3. The van der Waals surface area contributed by atoms with E-state index in [4.69, 9.17) is 14.4 Å². The van der Waals surface area contributed by atoms with Crippen molar-refractivity contribution in [2.45, 2.75) is 25.7 Å². The monoisotopic (exact) mass is 419 g/mol. The Bertz CT molecular complexity index is 1080. The van der Waals surface area contributed by atoms with Crippen LogP contribution in [0.25, 0.3) is 11.0 Å². The predicted molar refractivity (Wildman–Crippen MR) is 117 cm³/mol. The summed E-state index contributed by atoms with van der Waals surface area (Å²) in [6.07, 6.45) is 6.43. The number of carbonyl (C=O) groups excluding carboxylic acids is 2. The van der Waals surface area contributed by atoms with Crippen LogP contribution in [0.4, 0.5) is 11.6 Å². The highest BCUT2D eigenvalue weighted by Gasteiger charge is 2.29. The van der Waals surface area contributed by atoms with E-state index in [1.165, 1.54) is 12.5 Å². The van der Waals surface area contributed by atoms with Crippen LogP contribution in [-0.2, 0) is 4.79 Å². The molecule has 2 aliphatic rings. The summed E-state index contributed by atoms with van der Waals surface area (Å²) in [5, 5.41) is 3.05. The number of anilines is 2. The van der Waals surface area contributed by atoms with Crippen molar-refractivity contribution < 1.29 is 14.0 Å². The second kappa shape index (κ2) is 8.37. The van der Waals surface area contributed by atoms with Gasteiger partial charge in [-0.25, -0.2) is 9.97 Å². The molecule has 8 nitrogen and oxygen atoms in total. The van der Waals surface area contributed by atoms with Crippen LogP contribution in [0.5, 0.6) is 0 Å². The highest BCUT2D eigenvalue weighted by atomic mass is 16.3. The van der Waals surface area contributed by atoms with Crippen molar-refractivity contribution in [3.05, 3.63) is 48.4 Å². The predicted octanol–water partition coefficient (Wildman–Crippen LogP) is 3.31. The average molecular weight is 419 g/mol. The van der Waals surface area contributed by atoms with Gasteiger partial charge in [-0.1, -0.05) is 12.1 Å². The van der Waals surface area contributed by atoms with Gasteiger partial charge in [0.15, 0.2) is 11.6 Å². The van der Waals surface area contributed by atoms with Crippen molar-refractivity contribution in [2.24, 2.45) is 5.92 Å². The number of nitrogens with one attached hydrogen (secondary N) is 1. The van der Waals surface area contributed by atoms with Gasteiger partial charge in [-0.05, 0) is 43.9 Å². The fourth-order valence-electron chi connectivity index (χ4n) is 4.36. The molecule has 1 aromatic carbocycles. The van der Waals surface area contributed by atoms with Gasteiger partial charge in [-0.15, -0.1) is 0 Å². The number of piperidine rings is 1. The summed E-state index contributed by atoms with van der Waals surface area (Å²) in [4.78, 5) is 39.0. The molecule has 160 valence electrons. The molecule has 0 unspecified atom stereocenters. The molecule has 2 fully saturated rings. The first-order valence-corrected chi connectivity index (χ1v) is 10.8. The molecule has 5 rings (SSSR count). The molecule has 0 radical (unpaired) electrons. The number of hydrogen-bond acceptors (Lipinski definition) is 6. The van der Waals surface area contributed by atoms with E-state index in [9.17, 15) is 9.59 Å². The van der Waals surface area contributed by atoms with Crippen LogP contribution in [0.1, 0.15) is 36.0 Å². The van der Waals surface area contributed by atoms with Crippen molar-refractivity contribution in [1.29, 1.82) is 0 Å². The first-order valence-electron chi connectivity index (χ1n) is 10.8. The Morgan fingerprint density at radius 1 is 0.968 bits per heavy atom. The maximum atomic E-state index is 13.1. The number of carbonyl (C=O) groups is 2. The number of hydrogen-bond donors (Lipinski definition) is 1. The molecule has 2 aromatic heterocycles. The number of nitrogens with zero attached hydrogens (tertiary/aromatic N) is 4. The van der Waals surface area contributed by atoms with Crippen LogP contribution in [-0.4, -0.2) is 52.9 Å². The van der Waals surface area contributed by atoms with Crippen molar-refractivity contribution in [3.8, 4) is 0 Å². The van der Waals surface area contributed by atoms with Crippen molar-refractivity contribution >= 4 is 34.5 Å². The summed E-state index contributed by atoms with van der Waals surface area (Å²) in [5.74, 6) is 1.01. The topological polar surface area (TPSA) is 91.6 Å². The number of likely N-dealkylation sites (tertiary alicyclic amines) is 1. The van der Waals surface area contributed by atoms with Crippen LogP contribution < -0.4 is 10.2 Å². The van der Waals surface area contributed by atoms with Gasteiger partial charge in [0.05, 0.1) is 22.9 Å². The minimum absolute atomic E-state index is 0.0516. The minimum Gasteiger partial charge on any atom is -0.472 e. The Labute approximate surface area is 180 Å². The van der Waals surface area contributed by atoms with Crippen molar-refractivity contribution in [2.75, 3.05) is 36.4 Å². The number of aromatic nitrogens is 2. The summed E-state index contributed by atoms with van der Waals surface area (Å²) in [6, 6.07) is 9.39. The van der Waals surface area contributed by atoms with Crippen LogP contribution in [0.15, 0.2) is 47.3 Å². The molecule has 31 heavy (non-hydrogen) atoms. The fraction of sp³-hybridized carbons (Fsp3) is 0.391. The van der Waals surface area contributed by atoms with E-state index in [0.29, 0.717) is 37.3 Å². The highest BCUT2D eigenvalue weighted by molar-refractivity contribution is 5.96. The van der Waals surface area contributed by atoms with Gasteiger partial charge in [0.1, 0.15) is 6.26 Å². The molecular weight excluding hydrogens is 394 g/mol. The van der Waals surface area contributed by atoms with Gasteiger partial charge in [-0.2, -0.15) is 0 Å². The summed E-state index contributed by atoms with van der Waals surface area (Å²) in [6.45, 7) is 2.93. The molecule has 0 aliphatic carbocycles. The van der Waals surface area contributed by atoms with Crippen LogP contribution in [0.3, 0.4) is 0 Å². The number of amides is 2. The van der Waals surface area contributed by atoms with Crippen LogP contribution in [0.2, 0.25) is 0 Å². The third-order valence-electron chi connectivity index (χ3n) is 6.12. The zero-order chi connectivity index (χ0) is 21.2. The number of fused-ring (bicyclic) bond motifs is 1. The Kier molecular flexibility index (Phi) is 5.28. The molecule has 0 bridgehead atoms. The van der Waals surface area contributed by atoms with E-state index < -0.39 is 0 Å². The Morgan fingerprint density at radius 2 is 1.68 bits per heavy atom. The lowest BCUT2D eigenvalue weighted by Gasteiger charge is -2.31. The van der Waals surface area contributed by atoms with E-state index in [1.54, 1.807) is 11.0 Å². The molecule has 2 aliphatic heterocycles. The summed E-state index contributed by atoms with van der Waals surface area (Å²) >= 11 is 0. The smallest absolute Gasteiger partial charge is 0.257 e. The fourth-order valence-corrected chi connectivity index (χ4v) is 4.36. The van der Waals surface area contributed by atoms with E-state index in [1.807, 2.05) is 24.3 Å². The third-order valence-corrected chi connectivity index (χ3v) is 6.12. The maximum Gasteiger partial charge on any atom is 0.257 e. The first-order chi connectivity index (χ1) is 15.2. The lowest BCUT2D eigenvalue weighted by Crippen LogP contribution is -2.41. The quantitative estimate of drug-likeness (QED) is 0.698. The summed E-state index contributed by atoms with van der Waals surface area (Å²) in [7, 11) is 0. The molecule has 2 amide bonds. The summed E-state index contributed by atoms with van der Waals surface area (Å²) in [5.41, 5.74) is 2.14. The van der Waals surface area contributed by atoms with E-state index in [-0.39, 0.29) is 17.7 Å². The van der Waals surface area contributed by atoms with Crippen molar-refractivity contribution in [3.63, 3.8) is 0 Å². The van der Waals surface area contributed by atoms with Crippen LogP contribution >= 0.6 is 0 Å². The Balaban J connectivity index is 1.30. The zero-order valence-electron chi connectivity index (χ0n) is 17.3. The molecule has 2 saturated heterocycles. The average Bonchev–Trinajstić information content (AvgIpc) is 3.53. The van der Waals surface area contributed by atoms with E-state index >= 15 is 0 Å². The second-order valence-electron chi connectivity index (χ2n) is 8.15. The van der Waals surface area contributed by atoms with Crippen molar-refractivity contribution in [1.82, 2.24) is 14.9 Å². The lowest BCUT2D eigenvalue weighted by molar-refractivity contribution is -0.121. The zero-order valence-corrected chi connectivity index (χ0v) is 17.3. The summed E-state index contributed by atoms with van der Waals surface area (Å²) < 4.78 is 5.01. The molecule has 8 heteroatoms. The van der Waals surface area contributed by atoms with Gasteiger partial charge < -0.3 is 19.5 Å².